The number of hydrogen-bond acceptors (Lipinski definition) is 7. The predicted octanol–water partition coefficient (Wildman–Crippen LogP) is 3.14. The minimum atomic E-state index is -0.250. The Bertz CT molecular complexity index is 909. The number of hydrogen-bond donors (Lipinski definition) is 2. The molecule has 32 heavy (non-hydrogen) atoms. The fourth-order valence-electron chi connectivity index (χ4n) is 4.45. The van der Waals surface area contributed by atoms with Crippen LogP contribution in [-0.4, -0.2) is 60.1 Å². The molecule has 2 fully saturated rings. The molecular formula is C23H29N3O5S. The van der Waals surface area contributed by atoms with Crippen molar-refractivity contribution in [2.45, 2.75) is 37.5 Å². The summed E-state index contributed by atoms with van der Waals surface area (Å²) in [6.45, 7) is 1.65. The van der Waals surface area contributed by atoms with Crippen molar-refractivity contribution >= 4 is 34.8 Å². The molecule has 3 heterocycles. The van der Waals surface area contributed by atoms with Gasteiger partial charge in [0.15, 0.2) is 5.13 Å². The van der Waals surface area contributed by atoms with Crippen LogP contribution in [0.5, 0.6) is 0 Å². The Balaban J connectivity index is 0.000000913. The first-order chi connectivity index (χ1) is 15.5. The molecular weight excluding hydrogens is 430 g/mol. The zero-order valence-electron chi connectivity index (χ0n) is 18.2. The van der Waals surface area contributed by atoms with E-state index in [4.69, 9.17) is 19.6 Å². The summed E-state index contributed by atoms with van der Waals surface area (Å²) in [5.74, 6) is -0.119. The van der Waals surface area contributed by atoms with Crippen molar-refractivity contribution in [3.63, 3.8) is 0 Å². The third-order valence-electron chi connectivity index (χ3n) is 6.26. The number of anilines is 1. The van der Waals surface area contributed by atoms with Crippen molar-refractivity contribution in [1.82, 2.24) is 9.88 Å². The summed E-state index contributed by atoms with van der Waals surface area (Å²) in [6, 6.07) is 10.5. The summed E-state index contributed by atoms with van der Waals surface area (Å²) in [7, 11) is 1.89. The lowest BCUT2D eigenvalue weighted by molar-refractivity contribution is -0.141. The molecule has 2 aliphatic rings. The molecule has 2 saturated heterocycles. The zero-order valence-corrected chi connectivity index (χ0v) is 19.0. The third-order valence-corrected chi connectivity index (χ3v) is 7.11. The van der Waals surface area contributed by atoms with Crippen LogP contribution in [0.3, 0.4) is 0 Å². The first kappa shape index (κ1) is 23.7. The molecule has 1 amide bonds. The summed E-state index contributed by atoms with van der Waals surface area (Å²) < 4.78 is 5.00. The molecule has 1 atom stereocenters. The molecule has 0 radical (unpaired) electrons. The lowest BCUT2D eigenvalue weighted by atomic mass is 9.70. The number of esters is 1. The number of rotatable bonds is 6. The van der Waals surface area contributed by atoms with Gasteiger partial charge in [-0.3, -0.25) is 14.4 Å². The molecule has 9 heteroatoms. The van der Waals surface area contributed by atoms with Gasteiger partial charge in [-0.1, -0.05) is 30.3 Å². The Kier molecular flexibility index (Phi) is 8.21. The largest absolute Gasteiger partial charge is 0.483 e. The van der Waals surface area contributed by atoms with Gasteiger partial charge in [-0.2, -0.15) is 0 Å². The number of likely N-dealkylation sites (tertiary alicyclic amines) is 1. The average molecular weight is 460 g/mol. The van der Waals surface area contributed by atoms with Crippen molar-refractivity contribution in [2.75, 3.05) is 32.1 Å². The van der Waals surface area contributed by atoms with Crippen LogP contribution in [0.15, 0.2) is 35.7 Å². The van der Waals surface area contributed by atoms with Crippen molar-refractivity contribution in [3.05, 3.63) is 47.0 Å². The number of ether oxygens (including phenoxy) is 1. The number of thiazole rings is 1. The van der Waals surface area contributed by atoms with Crippen LogP contribution >= 0.6 is 11.3 Å². The normalized spacial score (nSPS) is 19.5. The van der Waals surface area contributed by atoms with Crippen LogP contribution in [0.2, 0.25) is 0 Å². The SMILES string of the molecule is CNc1nc(C2(c3ccccc3)CCN(C(=O)CCC3CCOC3=O)CC2)cs1.O=CO. The van der Waals surface area contributed by atoms with Crippen LogP contribution < -0.4 is 5.32 Å². The van der Waals surface area contributed by atoms with Gasteiger partial charge in [0, 0.05) is 37.4 Å². The Hall–Kier alpha value is -2.94. The zero-order chi connectivity index (χ0) is 23.0. The highest BCUT2D eigenvalue weighted by Gasteiger charge is 2.41. The second-order valence-electron chi connectivity index (χ2n) is 7.91. The number of carboxylic acid groups (broad SMARTS) is 1. The smallest absolute Gasteiger partial charge is 0.309 e. The van der Waals surface area contributed by atoms with E-state index in [0.717, 1.165) is 30.1 Å². The number of nitrogens with one attached hydrogen (secondary N) is 1. The van der Waals surface area contributed by atoms with Gasteiger partial charge in [0.2, 0.25) is 5.91 Å². The van der Waals surface area contributed by atoms with Crippen LogP contribution in [0.4, 0.5) is 5.13 Å². The predicted molar refractivity (Wildman–Crippen MR) is 122 cm³/mol. The van der Waals surface area contributed by atoms with E-state index in [1.807, 2.05) is 18.0 Å². The van der Waals surface area contributed by atoms with E-state index in [0.29, 0.717) is 32.5 Å². The maximum absolute atomic E-state index is 12.7. The van der Waals surface area contributed by atoms with Crippen LogP contribution in [-0.2, 0) is 24.5 Å². The lowest BCUT2D eigenvalue weighted by Gasteiger charge is -2.41. The fraction of sp³-hybridized carbons (Fsp3) is 0.478. The molecule has 0 bridgehead atoms. The summed E-state index contributed by atoms with van der Waals surface area (Å²) in [4.78, 5) is 39.5. The van der Waals surface area contributed by atoms with Gasteiger partial charge >= 0.3 is 5.97 Å². The number of nitrogens with zero attached hydrogens (tertiary/aromatic N) is 2. The summed E-state index contributed by atoms with van der Waals surface area (Å²) in [6.07, 6.45) is 3.44. The van der Waals surface area contributed by atoms with E-state index in [9.17, 15) is 9.59 Å². The minimum Gasteiger partial charge on any atom is -0.483 e. The van der Waals surface area contributed by atoms with Crippen LogP contribution in [0, 0.1) is 5.92 Å². The van der Waals surface area contributed by atoms with Crippen molar-refractivity contribution in [1.29, 1.82) is 0 Å². The van der Waals surface area contributed by atoms with Crippen LogP contribution in [0.1, 0.15) is 43.4 Å². The number of cyclic esters (lactones) is 1. The van der Waals surface area contributed by atoms with E-state index in [-0.39, 0.29) is 29.7 Å². The Morgan fingerprint density at radius 1 is 1.34 bits per heavy atom. The molecule has 0 saturated carbocycles. The number of carbonyl (C=O) groups excluding carboxylic acids is 2. The molecule has 8 nitrogen and oxygen atoms in total. The highest BCUT2D eigenvalue weighted by Crippen LogP contribution is 2.42. The highest BCUT2D eigenvalue weighted by molar-refractivity contribution is 7.13. The molecule has 1 aromatic heterocycles. The highest BCUT2D eigenvalue weighted by atomic mass is 32.1. The molecule has 0 aliphatic carbocycles. The molecule has 172 valence electrons. The Labute approximate surface area is 191 Å². The second-order valence-corrected chi connectivity index (χ2v) is 8.77. The number of carbonyl (C=O) groups is 3. The number of amides is 1. The van der Waals surface area contributed by atoms with E-state index in [1.54, 1.807) is 11.3 Å². The molecule has 2 aliphatic heterocycles. The van der Waals surface area contributed by atoms with Gasteiger partial charge < -0.3 is 20.1 Å². The van der Waals surface area contributed by atoms with Gasteiger partial charge in [0.05, 0.1) is 18.2 Å². The summed E-state index contributed by atoms with van der Waals surface area (Å²) >= 11 is 1.62. The van der Waals surface area contributed by atoms with Gasteiger partial charge in [-0.25, -0.2) is 4.98 Å². The first-order valence-corrected chi connectivity index (χ1v) is 11.6. The van der Waals surface area contributed by atoms with Crippen LogP contribution in [0.25, 0.3) is 0 Å². The topological polar surface area (TPSA) is 109 Å². The number of benzene rings is 1. The van der Waals surface area contributed by atoms with Gasteiger partial charge in [0.1, 0.15) is 0 Å². The van der Waals surface area contributed by atoms with Gasteiger partial charge in [0.25, 0.3) is 6.47 Å². The maximum atomic E-state index is 12.7. The minimum absolute atomic E-state index is 0.109. The van der Waals surface area contributed by atoms with E-state index in [2.05, 4.69) is 35.0 Å². The quantitative estimate of drug-likeness (QED) is 0.505. The monoisotopic (exact) mass is 459 g/mol. The van der Waals surface area contributed by atoms with Crippen molar-refractivity contribution in [3.8, 4) is 0 Å². The maximum Gasteiger partial charge on any atom is 0.309 e. The van der Waals surface area contributed by atoms with E-state index < -0.39 is 0 Å². The van der Waals surface area contributed by atoms with E-state index >= 15 is 0 Å². The molecule has 1 unspecified atom stereocenters. The standard InChI is InChI=1S/C22H27N3O3S.CH2O2/c1-23-21-24-18(15-29-21)22(17-5-3-2-4-6-17)10-12-25(13-11-22)19(26)8-7-16-9-14-28-20(16)27;2-1-3/h2-6,15-16H,7-14H2,1H3,(H,23,24);1H,(H,2,3). The molecule has 2 aromatic rings. The number of aromatic nitrogens is 1. The van der Waals surface area contributed by atoms with E-state index in [1.165, 1.54) is 5.56 Å². The summed E-state index contributed by atoms with van der Waals surface area (Å²) in [5, 5.41) is 13.1. The number of piperidine rings is 1. The first-order valence-electron chi connectivity index (χ1n) is 10.8. The lowest BCUT2D eigenvalue weighted by Crippen LogP contribution is -2.46. The van der Waals surface area contributed by atoms with Gasteiger partial charge in [-0.05, 0) is 31.2 Å². The molecule has 4 rings (SSSR count). The molecule has 2 N–H and O–H groups in total. The molecule has 0 spiro atoms. The Morgan fingerprint density at radius 3 is 2.59 bits per heavy atom. The van der Waals surface area contributed by atoms with Crippen molar-refractivity contribution < 1.29 is 24.2 Å². The fourth-order valence-corrected chi connectivity index (χ4v) is 5.22. The second kappa shape index (κ2) is 11.1. The molecule has 1 aromatic carbocycles. The van der Waals surface area contributed by atoms with Gasteiger partial charge in [-0.15, -0.1) is 11.3 Å². The summed E-state index contributed by atoms with van der Waals surface area (Å²) in [5.41, 5.74) is 2.17. The Morgan fingerprint density at radius 2 is 2.03 bits per heavy atom. The third kappa shape index (κ3) is 5.27. The van der Waals surface area contributed by atoms with Crippen molar-refractivity contribution in [2.24, 2.45) is 5.92 Å². The average Bonchev–Trinajstić information content (AvgIpc) is 3.48.